The smallest absolute Gasteiger partial charge is 0.133 e. The van der Waals surface area contributed by atoms with Crippen molar-refractivity contribution >= 4 is 5.82 Å². The second-order valence-electron chi connectivity index (χ2n) is 6.21. The molecule has 1 fully saturated rings. The Bertz CT molecular complexity index is 617. The van der Waals surface area contributed by atoms with Gasteiger partial charge in [0, 0.05) is 18.5 Å². The third-order valence-electron chi connectivity index (χ3n) is 4.51. The van der Waals surface area contributed by atoms with E-state index in [1.54, 1.807) is 0 Å². The summed E-state index contributed by atoms with van der Waals surface area (Å²) < 4.78 is 4.32. The molecule has 0 bridgehead atoms. The molecule has 0 aromatic carbocycles. The van der Waals surface area contributed by atoms with Crippen LogP contribution in [0, 0.1) is 0 Å². The van der Waals surface area contributed by atoms with Crippen LogP contribution in [0.25, 0.3) is 11.4 Å². The number of nitrogens with zero attached hydrogens (tertiary/aromatic N) is 4. The van der Waals surface area contributed by atoms with Crippen LogP contribution < -0.4 is 5.73 Å². The van der Waals surface area contributed by atoms with E-state index >= 15 is 0 Å². The average molecular weight is 287 g/mol. The van der Waals surface area contributed by atoms with E-state index in [0.717, 1.165) is 23.8 Å². The summed E-state index contributed by atoms with van der Waals surface area (Å²) in [4.78, 5) is 9.19. The van der Waals surface area contributed by atoms with Crippen LogP contribution in [0.2, 0.25) is 0 Å². The van der Waals surface area contributed by atoms with Crippen LogP contribution in [0.5, 0.6) is 0 Å². The third-order valence-corrected chi connectivity index (χ3v) is 4.51. The van der Waals surface area contributed by atoms with Crippen LogP contribution in [-0.4, -0.2) is 19.1 Å². The number of nitrogens with two attached hydrogens (primary N) is 1. The summed E-state index contributed by atoms with van der Waals surface area (Å²) in [6.45, 7) is 7.34. The maximum atomic E-state index is 6.45. The highest BCUT2D eigenvalue weighted by atomic mass is 15.2. The summed E-state index contributed by atoms with van der Waals surface area (Å²) in [5.74, 6) is 2.50. The number of hydrogen-bond acceptors (Lipinski definition) is 3. The molecule has 0 saturated heterocycles. The fraction of sp³-hybridized carbons (Fsp3) is 0.625. The Morgan fingerprint density at radius 2 is 2.05 bits per heavy atom. The van der Waals surface area contributed by atoms with Gasteiger partial charge in [0.05, 0.1) is 18.2 Å². The molecule has 21 heavy (non-hydrogen) atoms. The van der Waals surface area contributed by atoms with Gasteiger partial charge in [-0.2, -0.15) is 0 Å². The number of anilines is 1. The zero-order valence-electron chi connectivity index (χ0n) is 13.2. The van der Waals surface area contributed by atoms with E-state index in [9.17, 15) is 0 Å². The molecule has 0 atom stereocenters. The predicted octanol–water partition coefficient (Wildman–Crippen LogP) is 3.59. The Morgan fingerprint density at radius 3 is 2.67 bits per heavy atom. The topological polar surface area (TPSA) is 61.7 Å². The number of rotatable bonds is 4. The van der Waals surface area contributed by atoms with Crippen molar-refractivity contribution < 1.29 is 0 Å². The van der Waals surface area contributed by atoms with Gasteiger partial charge in [-0.25, -0.2) is 9.97 Å². The van der Waals surface area contributed by atoms with Crippen LogP contribution >= 0.6 is 0 Å². The van der Waals surface area contributed by atoms with Crippen molar-refractivity contribution in [3.63, 3.8) is 0 Å². The van der Waals surface area contributed by atoms with Crippen molar-refractivity contribution in [1.29, 1.82) is 0 Å². The molecule has 0 radical (unpaired) electrons. The maximum Gasteiger partial charge on any atom is 0.133 e. The monoisotopic (exact) mass is 287 g/mol. The molecule has 5 heteroatoms. The first-order valence-electron chi connectivity index (χ1n) is 8.01. The van der Waals surface area contributed by atoms with Crippen molar-refractivity contribution in [3.05, 3.63) is 18.3 Å². The molecular formula is C16H25N5. The fourth-order valence-corrected chi connectivity index (χ4v) is 3.44. The van der Waals surface area contributed by atoms with Gasteiger partial charge in [-0.05, 0) is 33.6 Å². The van der Waals surface area contributed by atoms with Gasteiger partial charge in [-0.15, -0.1) is 0 Å². The van der Waals surface area contributed by atoms with Crippen LogP contribution in [0.15, 0.2) is 12.5 Å². The number of hydrogen-bond donors (Lipinski definition) is 1. The molecule has 1 aliphatic rings. The summed E-state index contributed by atoms with van der Waals surface area (Å²) in [5, 5.41) is 0. The van der Waals surface area contributed by atoms with Crippen molar-refractivity contribution in [3.8, 4) is 11.4 Å². The molecule has 2 aromatic rings. The summed E-state index contributed by atoms with van der Waals surface area (Å²) in [6.07, 6.45) is 8.78. The lowest BCUT2D eigenvalue weighted by atomic mass is 10.1. The minimum absolute atomic E-state index is 0.333. The predicted molar refractivity (Wildman–Crippen MR) is 85.1 cm³/mol. The van der Waals surface area contributed by atoms with E-state index in [2.05, 4.69) is 34.9 Å². The average Bonchev–Trinajstić information content (AvgIpc) is 3.16. The number of imidazole rings is 2. The van der Waals surface area contributed by atoms with Crippen LogP contribution in [0.3, 0.4) is 0 Å². The molecule has 2 heterocycles. The van der Waals surface area contributed by atoms with Gasteiger partial charge >= 0.3 is 0 Å². The number of aromatic nitrogens is 4. The van der Waals surface area contributed by atoms with E-state index in [-0.39, 0.29) is 0 Å². The Balaban J connectivity index is 2.12. The lowest BCUT2D eigenvalue weighted by molar-refractivity contribution is 0.534. The Morgan fingerprint density at radius 1 is 1.33 bits per heavy atom. The summed E-state index contributed by atoms with van der Waals surface area (Å²) in [6, 6.07) is 0.333. The van der Waals surface area contributed by atoms with Crippen molar-refractivity contribution in [2.24, 2.45) is 0 Å². The normalized spacial score (nSPS) is 16.2. The van der Waals surface area contributed by atoms with E-state index in [1.807, 2.05) is 12.5 Å². The molecule has 0 unspecified atom stereocenters. The molecule has 2 N–H and O–H groups in total. The highest BCUT2D eigenvalue weighted by Crippen LogP contribution is 2.38. The number of aryl methyl sites for hydroxylation is 1. The second kappa shape index (κ2) is 5.54. The minimum atomic E-state index is 0.333. The van der Waals surface area contributed by atoms with Crippen molar-refractivity contribution in [2.45, 2.75) is 65.0 Å². The van der Waals surface area contributed by atoms with Gasteiger partial charge in [-0.3, -0.25) is 0 Å². The second-order valence-corrected chi connectivity index (χ2v) is 6.21. The van der Waals surface area contributed by atoms with E-state index in [4.69, 9.17) is 10.7 Å². The molecule has 5 nitrogen and oxygen atoms in total. The first-order chi connectivity index (χ1) is 10.1. The van der Waals surface area contributed by atoms with Crippen molar-refractivity contribution in [2.75, 3.05) is 5.73 Å². The molecule has 114 valence electrons. The molecule has 0 spiro atoms. The molecule has 2 aromatic heterocycles. The standard InChI is InChI=1S/C16H25N5/c1-4-20-10-18-9-13(20)14-15(17)21(11(2)3)16(19-14)12-7-5-6-8-12/h9-12H,4-8,17H2,1-3H3. The van der Waals surface area contributed by atoms with E-state index in [0.29, 0.717) is 12.0 Å². The highest BCUT2D eigenvalue weighted by molar-refractivity contribution is 5.68. The molecule has 1 saturated carbocycles. The third kappa shape index (κ3) is 2.34. The molecule has 0 amide bonds. The Kier molecular flexibility index (Phi) is 3.74. The SMILES string of the molecule is CCn1cncc1-c1nc(C2CCCC2)n(C(C)C)c1N. The first-order valence-corrected chi connectivity index (χ1v) is 8.01. The van der Waals surface area contributed by atoms with E-state index in [1.165, 1.54) is 31.5 Å². The van der Waals surface area contributed by atoms with Gasteiger partial charge in [0.1, 0.15) is 17.3 Å². The van der Waals surface area contributed by atoms with Crippen molar-refractivity contribution in [1.82, 2.24) is 19.1 Å². The van der Waals surface area contributed by atoms with Gasteiger partial charge in [0.25, 0.3) is 0 Å². The van der Waals surface area contributed by atoms with Gasteiger partial charge in [0.15, 0.2) is 0 Å². The van der Waals surface area contributed by atoms with Gasteiger partial charge in [0.2, 0.25) is 0 Å². The number of nitrogen functional groups attached to an aromatic ring is 1. The first kappa shape index (κ1) is 14.2. The summed E-state index contributed by atoms with van der Waals surface area (Å²) >= 11 is 0. The largest absolute Gasteiger partial charge is 0.383 e. The lowest BCUT2D eigenvalue weighted by Crippen LogP contribution is -2.11. The summed E-state index contributed by atoms with van der Waals surface area (Å²) in [5.41, 5.74) is 8.36. The van der Waals surface area contributed by atoms with Crippen LogP contribution in [0.4, 0.5) is 5.82 Å². The quantitative estimate of drug-likeness (QED) is 0.934. The molecular weight excluding hydrogens is 262 g/mol. The van der Waals surface area contributed by atoms with E-state index < -0.39 is 0 Å². The lowest BCUT2D eigenvalue weighted by Gasteiger charge is -2.17. The van der Waals surface area contributed by atoms with Gasteiger partial charge < -0.3 is 14.9 Å². The fourth-order valence-electron chi connectivity index (χ4n) is 3.44. The van der Waals surface area contributed by atoms with Crippen LogP contribution in [0.1, 0.15) is 64.2 Å². The zero-order valence-corrected chi connectivity index (χ0v) is 13.2. The Labute approximate surface area is 126 Å². The molecule has 1 aliphatic carbocycles. The Hall–Kier alpha value is -1.78. The van der Waals surface area contributed by atoms with Gasteiger partial charge in [-0.1, -0.05) is 12.8 Å². The molecule has 3 rings (SSSR count). The molecule has 0 aliphatic heterocycles. The highest BCUT2D eigenvalue weighted by Gasteiger charge is 2.27. The minimum Gasteiger partial charge on any atom is -0.383 e. The maximum absolute atomic E-state index is 6.45. The summed E-state index contributed by atoms with van der Waals surface area (Å²) in [7, 11) is 0. The van der Waals surface area contributed by atoms with Crippen LogP contribution in [-0.2, 0) is 6.54 Å². The zero-order chi connectivity index (χ0) is 15.0.